The summed E-state index contributed by atoms with van der Waals surface area (Å²) in [5.74, 6) is -0.357. The molecule has 0 aliphatic rings. The van der Waals surface area contributed by atoms with Crippen molar-refractivity contribution in [2.75, 3.05) is 13.7 Å². The number of aromatic nitrogens is 2. The fraction of sp³-hybridized carbons (Fsp3) is 0.211. The molecule has 0 amide bonds. The van der Waals surface area contributed by atoms with Gasteiger partial charge in [-0.3, -0.25) is 14.5 Å². The van der Waals surface area contributed by atoms with Crippen LogP contribution in [0, 0.1) is 0 Å². The normalized spacial score (nSPS) is 11.0. The van der Waals surface area contributed by atoms with Crippen molar-refractivity contribution in [3.63, 3.8) is 0 Å². The molecule has 0 saturated carbocycles. The van der Waals surface area contributed by atoms with E-state index in [1.54, 1.807) is 12.3 Å². The van der Waals surface area contributed by atoms with Crippen LogP contribution in [0.4, 0.5) is 0 Å². The number of esters is 1. The first-order valence-electron chi connectivity index (χ1n) is 7.95. The zero-order valence-electron chi connectivity index (χ0n) is 14.0. The van der Waals surface area contributed by atoms with Crippen LogP contribution in [0.25, 0.3) is 10.8 Å². The maximum Gasteiger partial charge on any atom is 0.319 e. The Balaban J connectivity index is 1.88. The zero-order valence-corrected chi connectivity index (χ0v) is 14.0. The molecule has 0 radical (unpaired) electrons. The van der Waals surface area contributed by atoms with Gasteiger partial charge in [0.1, 0.15) is 0 Å². The number of rotatable bonds is 6. The maximum absolute atomic E-state index is 12.6. The molecule has 6 nitrogen and oxygen atoms in total. The molecular formula is C19H19N3O3. The molecular weight excluding hydrogens is 318 g/mol. The lowest BCUT2D eigenvalue weighted by molar-refractivity contribution is -0.142. The van der Waals surface area contributed by atoms with E-state index in [1.807, 2.05) is 53.4 Å². The highest BCUT2D eigenvalue weighted by molar-refractivity contribution is 5.80. The summed E-state index contributed by atoms with van der Waals surface area (Å²) in [6, 6.07) is 17.1. The highest BCUT2D eigenvalue weighted by atomic mass is 16.5. The van der Waals surface area contributed by atoms with Crippen molar-refractivity contribution in [2.24, 2.45) is 0 Å². The van der Waals surface area contributed by atoms with Gasteiger partial charge in [0.25, 0.3) is 5.56 Å². The molecule has 0 aliphatic heterocycles. The summed E-state index contributed by atoms with van der Waals surface area (Å²) >= 11 is 0. The van der Waals surface area contributed by atoms with Crippen LogP contribution in [0.5, 0.6) is 0 Å². The van der Waals surface area contributed by atoms with Crippen LogP contribution >= 0.6 is 0 Å². The minimum Gasteiger partial charge on any atom is -0.468 e. The van der Waals surface area contributed by atoms with E-state index in [2.05, 4.69) is 5.10 Å². The molecule has 0 bridgehead atoms. The lowest BCUT2D eigenvalue weighted by Crippen LogP contribution is -2.36. The van der Waals surface area contributed by atoms with Crippen LogP contribution in [0.3, 0.4) is 0 Å². The Kier molecular flexibility index (Phi) is 5.20. The smallest absolute Gasteiger partial charge is 0.319 e. The molecule has 1 heterocycles. The molecule has 0 spiro atoms. The lowest BCUT2D eigenvalue weighted by atomic mass is 10.2. The second-order valence-electron chi connectivity index (χ2n) is 5.73. The van der Waals surface area contributed by atoms with Gasteiger partial charge in [-0.15, -0.1) is 0 Å². The third kappa shape index (κ3) is 4.10. The topological polar surface area (TPSA) is 64.4 Å². The van der Waals surface area contributed by atoms with Crippen LogP contribution in [-0.4, -0.2) is 34.3 Å². The van der Waals surface area contributed by atoms with E-state index in [4.69, 9.17) is 4.74 Å². The predicted molar refractivity (Wildman–Crippen MR) is 94.9 cm³/mol. The van der Waals surface area contributed by atoms with Gasteiger partial charge in [0, 0.05) is 11.9 Å². The number of ether oxygens (including phenoxy) is 1. The molecule has 0 N–H and O–H groups in total. The number of hydrogen-bond acceptors (Lipinski definition) is 5. The van der Waals surface area contributed by atoms with Gasteiger partial charge in [-0.1, -0.05) is 48.5 Å². The van der Waals surface area contributed by atoms with Gasteiger partial charge in [0.05, 0.1) is 31.9 Å². The number of benzene rings is 2. The van der Waals surface area contributed by atoms with Crippen molar-refractivity contribution < 1.29 is 9.53 Å². The Bertz CT molecular complexity index is 922. The van der Waals surface area contributed by atoms with E-state index in [0.717, 1.165) is 10.9 Å². The van der Waals surface area contributed by atoms with Crippen molar-refractivity contribution in [2.45, 2.75) is 13.2 Å². The summed E-state index contributed by atoms with van der Waals surface area (Å²) in [6.45, 7) is 0.789. The highest BCUT2D eigenvalue weighted by Gasteiger charge is 2.14. The molecule has 0 aliphatic carbocycles. The van der Waals surface area contributed by atoms with Gasteiger partial charge in [0.15, 0.2) is 0 Å². The summed E-state index contributed by atoms with van der Waals surface area (Å²) in [4.78, 5) is 26.2. The Labute approximate surface area is 145 Å². The minimum absolute atomic E-state index is 0.0757. The van der Waals surface area contributed by atoms with E-state index in [0.29, 0.717) is 11.9 Å². The van der Waals surface area contributed by atoms with Gasteiger partial charge in [-0.05, 0) is 11.6 Å². The second-order valence-corrected chi connectivity index (χ2v) is 5.73. The van der Waals surface area contributed by atoms with Crippen LogP contribution in [0.15, 0.2) is 65.6 Å². The first-order chi connectivity index (χ1) is 12.2. The number of fused-ring (bicyclic) bond motifs is 1. The molecule has 0 saturated heterocycles. The van der Waals surface area contributed by atoms with Gasteiger partial charge in [-0.25, -0.2) is 4.68 Å². The minimum atomic E-state index is -0.357. The molecule has 3 aromatic rings. The molecule has 2 aromatic carbocycles. The Morgan fingerprint density at radius 1 is 1.12 bits per heavy atom. The summed E-state index contributed by atoms with van der Waals surface area (Å²) in [5, 5.41) is 5.64. The van der Waals surface area contributed by atoms with E-state index in [1.165, 1.54) is 11.8 Å². The molecule has 0 unspecified atom stereocenters. The largest absolute Gasteiger partial charge is 0.468 e. The predicted octanol–water partition coefficient (Wildman–Crippen LogP) is 2.03. The van der Waals surface area contributed by atoms with Gasteiger partial charge in [0.2, 0.25) is 0 Å². The molecule has 0 atom stereocenters. The summed E-state index contributed by atoms with van der Waals surface area (Å²) in [5.41, 5.74) is 0.862. The van der Waals surface area contributed by atoms with Crippen LogP contribution < -0.4 is 5.56 Å². The maximum atomic E-state index is 12.6. The van der Waals surface area contributed by atoms with Crippen molar-refractivity contribution in [1.82, 2.24) is 14.7 Å². The quantitative estimate of drug-likeness (QED) is 0.644. The summed E-state index contributed by atoms with van der Waals surface area (Å²) in [7, 11) is 1.35. The number of hydrogen-bond donors (Lipinski definition) is 0. The molecule has 25 heavy (non-hydrogen) atoms. The fourth-order valence-corrected chi connectivity index (χ4v) is 2.66. The van der Waals surface area contributed by atoms with Crippen molar-refractivity contribution >= 4 is 16.7 Å². The second kappa shape index (κ2) is 7.72. The average molecular weight is 337 g/mol. The number of carbonyl (C=O) groups is 1. The molecule has 0 fully saturated rings. The first kappa shape index (κ1) is 16.9. The van der Waals surface area contributed by atoms with E-state index < -0.39 is 0 Å². The fourth-order valence-electron chi connectivity index (χ4n) is 2.66. The lowest BCUT2D eigenvalue weighted by Gasteiger charge is -2.21. The van der Waals surface area contributed by atoms with Gasteiger partial charge < -0.3 is 4.74 Å². The standard InChI is InChI=1S/C19H19N3O3/c1-25-18(23)13-21(12-15-7-3-2-4-8-15)14-22-19(24)17-10-6-5-9-16(17)11-20-22/h2-11H,12-14H2,1H3. The summed E-state index contributed by atoms with van der Waals surface area (Å²) < 4.78 is 6.14. The van der Waals surface area contributed by atoms with Crippen molar-refractivity contribution in [3.05, 3.63) is 76.7 Å². The Hall–Kier alpha value is -2.99. The molecule has 6 heteroatoms. The van der Waals surface area contributed by atoms with Crippen LogP contribution in [-0.2, 0) is 22.7 Å². The average Bonchev–Trinajstić information content (AvgIpc) is 2.65. The summed E-state index contributed by atoms with van der Waals surface area (Å²) in [6.07, 6.45) is 1.66. The molecule has 1 aromatic heterocycles. The van der Waals surface area contributed by atoms with Gasteiger partial charge >= 0.3 is 5.97 Å². The Morgan fingerprint density at radius 3 is 2.60 bits per heavy atom. The van der Waals surface area contributed by atoms with Crippen LogP contribution in [0.2, 0.25) is 0 Å². The number of carbonyl (C=O) groups excluding carboxylic acids is 1. The zero-order chi connectivity index (χ0) is 17.6. The number of methoxy groups -OCH3 is 1. The van der Waals surface area contributed by atoms with Gasteiger partial charge in [-0.2, -0.15) is 5.10 Å². The monoisotopic (exact) mass is 337 g/mol. The van der Waals surface area contributed by atoms with Crippen molar-refractivity contribution in [3.8, 4) is 0 Å². The van der Waals surface area contributed by atoms with E-state index in [9.17, 15) is 9.59 Å². The highest BCUT2D eigenvalue weighted by Crippen LogP contribution is 2.08. The Morgan fingerprint density at radius 2 is 1.84 bits per heavy atom. The van der Waals surface area contributed by atoms with E-state index in [-0.39, 0.29) is 24.7 Å². The number of nitrogens with zero attached hydrogens (tertiary/aromatic N) is 3. The van der Waals surface area contributed by atoms with E-state index >= 15 is 0 Å². The third-order valence-corrected chi connectivity index (χ3v) is 3.93. The SMILES string of the molecule is COC(=O)CN(Cc1ccccc1)Cn1ncc2ccccc2c1=O. The third-order valence-electron chi connectivity index (χ3n) is 3.93. The first-order valence-corrected chi connectivity index (χ1v) is 7.95. The van der Waals surface area contributed by atoms with Crippen molar-refractivity contribution in [1.29, 1.82) is 0 Å². The van der Waals surface area contributed by atoms with Crippen LogP contribution in [0.1, 0.15) is 5.56 Å². The molecule has 128 valence electrons. The molecule has 3 rings (SSSR count).